The van der Waals surface area contributed by atoms with Crippen molar-refractivity contribution >= 4 is 11.4 Å². The first-order valence-electron chi connectivity index (χ1n) is 13.6. The van der Waals surface area contributed by atoms with Gasteiger partial charge >= 0.3 is 0 Å². The fraction of sp³-hybridized carbons (Fsp3) is 0.118. The van der Waals surface area contributed by atoms with Gasteiger partial charge in [0.1, 0.15) is 0 Å². The van der Waals surface area contributed by atoms with Crippen LogP contribution in [0.3, 0.4) is 0 Å². The van der Waals surface area contributed by atoms with Gasteiger partial charge in [-0.05, 0) is 67.9 Å². The summed E-state index contributed by atoms with van der Waals surface area (Å²) in [6.45, 7) is 3.77. The average Bonchev–Trinajstić information content (AvgIpc) is 3.48. The molecule has 2 heterocycles. The number of aromatic nitrogens is 4. The third-order valence-electron chi connectivity index (χ3n) is 7.60. The molecule has 0 saturated carbocycles. The molecular formula is C34H31N5O2. The Morgan fingerprint density at radius 3 is 1.39 bits per heavy atom. The summed E-state index contributed by atoms with van der Waals surface area (Å²) in [6.07, 6.45) is 0. The van der Waals surface area contributed by atoms with Crippen LogP contribution in [0.4, 0.5) is 11.4 Å². The van der Waals surface area contributed by atoms with Crippen LogP contribution in [0.2, 0.25) is 0 Å². The average molecular weight is 542 g/mol. The molecule has 4 aromatic carbocycles. The fourth-order valence-corrected chi connectivity index (χ4v) is 5.49. The van der Waals surface area contributed by atoms with Crippen molar-refractivity contribution in [3.8, 4) is 11.4 Å². The van der Waals surface area contributed by atoms with E-state index in [9.17, 15) is 9.59 Å². The van der Waals surface area contributed by atoms with Crippen molar-refractivity contribution in [2.45, 2.75) is 19.8 Å². The predicted octanol–water partition coefficient (Wildman–Crippen LogP) is 6.21. The molecule has 6 aromatic rings. The van der Waals surface area contributed by atoms with Crippen LogP contribution < -0.4 is 16.0 Å². The number of anilines is 2. The molecule has 6 rings (SSSR count). The van der Waals surface area contributed by atoms with Gasteiger partial charge < -0.3 is 4.90 Å². The molecule has 0 aliphatic carbocycles. The van der Waals surface area contributed by atoms with Gasteiger partial charge in [0, 0.05) is 35.7 Å². The number of aromatic amines is 2. The minimum absolute atomic E-state index is 0.185. The van der Waals surface area contributed by atoms with E-state index < -0.39 is 5.92 Å². The number of nitrogens with zero attached hydrogens (tertiary/aromatic N) is 3. The van der Waals surface area contributed by atoms with Crippen LogP contribution in [-0.2, 0) is 0 Å². The van der Waals surface area contributed by atoms with E-state index in [1.165, 1.54) is 0 Å². The van der Waals surface area contributed by atoms with Crippen molar-refractivity contribution in [3.05, 3.63) is 164 Å². The number of hydrogen-bond acceptors (Lipinski definition) is 3. The van der Waals surface area contributed by atoms with Crippen molar-refractivity contribution in [2.75, 3.05) is 11.9 Å². The topological polar surface area (TPSA) is 78.8 Å². The summed E-state index contributed by atoms with van der Waals surface area (Å²) in [6, 6.07) is 37.2. The second-order valence-corrected chi connectivity index (χ2v) is 10.2. The number of H-pyrrole nitrogens is 2. The molecule has 7 heteroatoms. The third kappa shape index (κ3) is 4.72. The Morgan fingerprint density at radius 1 is 0.561 bits per heavy atom. The molecule has 0 fully saturated rings. The van der Waals surface area contributed by atoms with Gasteiger partial charge in [-0.15, -0.1) is 0 Å². The lowest BCUT2D eigenvalue weighted by Crippen LogP contribution is -2.25. The van der Waals surface area contributed by atoms with E-state index in [2.05, 4.69) is 27.2 Å². The second-order valence-electron chi connectivity index (χ2n) is 10.2. The zero-order valence-electron chi connectivity index (χ0n) is 23.2. The largest absolute Gasteiger partial charge is 0.345 e. The fourth-order valence-electron chi connectivity index (χ4n) is 5.49. The number of hydrogen-bond donors (Lipinski definition) is 2. The molecule has 0 aliphatic rings. The van der Waals surface area contributed by atoms with Gasteiger partial charge in [-0.2, -0.15) is 0 Å². The van der Waals surface area contributed by atoms with Crippen LogP contribution in [0, 0.1) is 13.8 Å². The van der Waals surface area contributed by atoms with E-state index in [1.807, 2.05) is 124 Å². The Kier molecular flexibility index (Phi) is 6.77. The van der Waals surface area contributed by atoms with Gasteiger partial charge in [-0.25, -0.2) is 9.36 Å². The van der Waals surface area contributed by atoms with E-state index in [-0.39, 0.29) is 11.1 Å². The van der Waals surface area contributed by atoms with Gasteiger partial charge in [-0.3, -0.25) is 19.8 Å². The highest BCUT2D eigenvalue weighted by atomic mass is 16.1. The summed E-state index contributed by atoms with van der Waals surface area (Å²) in [5.41, 5.74) is 6.52. The Hall–Kier alpha value is -5.30. The van der Waals surface area contributed by atoms with Crippen molar-refractivity contribution in [1.29, 1.82) is 0 Å². The summed E-state index contributed by atoms with van der Waals surface area (Å²) in [4.78, 5) is 30.2. The van der Waals surface area contributed by atoms with Crippen LogP contribution in [0.15, 0.2) is 125 Å². The second kappa shape index (κ2) is 10.7. The zero-order valence-corrected chi connectivity index (χ0v) is 23.2. The molecule has 0 saturated heterocycles. The zero-order chi connectivity index (χ0) is 28.5. The van der Waals surface area contributed by atoms with Crippen LogP contribution in [0.1, 0.15) is 34.0 Å². The molecule has 2 N–H and O–H groups in total. The lowest BCUT2D eigenvalue weighted by atomic mass is 9.85. The number of rotatable bonds is 7. The minimum Gasteiger partial charge on any atom is -0.345 e. The summed E-state index contributed by atoms with van der Waals surface area (Å²) >= 11 is 0. The van der Waals surface area contributed by atoms with Gasteiger partial charge in [0.25, 0.3) is 11.1 Å². The molecule has 0 amide bonds. The van der Waals surface area contributed by atoms with E-state index in [1.54, 1.807) is 9.36 Å². The molecule has 7 nitrogen and oxygen atoms in total. The maximum absolute atomic E-state index is 14.0. The highest BCUT2D eigenvalue weighted by Crippen LogP contribution is 2.34. The molecular weight excluding hydrogens is 510 g/mol. The Labute approximate surface area is 237 Å². The van der Waals surface area contributed by atoms with Crippen molar-refractivity contribution in [3.63, 3.8) is 0 Å². The molecule has 0 unspecified atom stereocenters. The number of aryl methyl sites for hydroxylation is 2. The lowest BCUT2D eigenvalue weighted by Gasteiger charge is -2.21. The van der Waals surface area contributed by atoms with Crippen molar-refractivity contribution in [1.82, 2.24) is 19.6 Å². The molecule has 41 heavy (non-hydrogen) atoms. The highest BCUT2D eigenvalue weighted by molar-refractivity contribution is 5.63. The maximum Gasteiger partial charge on any atom is 0.275 e. The third-order valence-corrected chi connectivity index (χ3v) is 7.60. The van der Waals surface area contributed by atoms with E-state index in [4.69, 9.17) is 0 Å². The monoisotopic (exact) mass is 541 g/mol. The van der Waals surface area contributed by atoms with Crippen molar-refractivity contribution in [2.24, 2.45) is 0 Å². The Balaban J connectivity index is 1.53. The smallest absolute Gasteiger partial charge is 0.275 e. The summed E-state index contributed by atoms with van der Waals surface area (Å²) < 4.78 is 3.10. The standard InChI is InChI=1S/C34H31N5O2/c1-23-30(33(40)38(35-23)28-15-9-5-10-16-28)32(31-24(2)36-39(34(31)41)29-17-11-6-12-18-29)25-19-21-27(22-20-25)37(3)26-13-7-4-8-14-26/h4-22,32,35-36H,1-3H3. The summed E-state index contributed by atoms with van der Waals surface area (Å²) in [7, 11) is 2.02. The van der Waals surface area contributed by atoms with Crippen LogP contribution in [0.25, 0.3) is 11.4 Å². The molecule has 0 aliphatic heterocycles. The van der Waals surface area contributed by atoms with Crippen LogP contribution in [-0.4, -0.2) is 26.6 Å². The summed E-state index contributed by atoms with van der Waals surface area (Å²) in [5.74, 6) is -0.589. The first-order valence-corrected chi connectivity index (χ1v) is 13.6. The van der Waals surface area contributed by atoms with E-state index in [0.29, 0.717) is 22.5 Å². The molecule has 0 radical (unpaired) electrons. The van der Waals surface area contributed by atoms with Gasteiger partial charge in [0.05, 0.1) is 22.5 Å². The molecule has 0 spiro atoms. The molecule has 2 aromatic heterocycles. The lowest BCUT2D eigenvalue weighted by molar-refractivity contribution is 0.830. The quantitative estimate of drug-likeness (QED) is 0.252. The maximum atomic E-state index is 14.0. The van der Waals surface area contributed by atoms with Gasteiger partial charge in [-0.1, -0.05) is 66.7 Å². The van der Waals surface area contributed by atoms with Gasteiger partial charge in [0.15, 0.2) is 0 Å². The Morgan fingerprint density at radius 2 is 0.951 bits per heavy atom. The molecule has 0 bridgehead atoms. The van der Waals surface area contributed by atoms with E-state index in [0.717, 1.165) is 28.3 Å². The van der Waals surface area contributed by atoms with Crippen LogP contribution >= 0.6 is 0 Å². The normalized spacial score (nSPS) is 11.2. The SMILES string of the molecule is Cc1[nH]n(-c2ccccc2)c(=O)c1C(c1ccc(N(C)c2ccccc2)cc1)c1c(C)[nH]n(-c2ccccc2)c1=O. The Bertz CT molecular complexity index is 1800. The van der Waals surface area contributed by atoms with Crippen molar-refractivity contribution < 1.29 is 0 Å². The number of nitrogens with one attached hydrogen (secondary N) is 2. The molecule has 204 valence electrons. The minimum atomic E-state index is -0.589. The summed E-state index contributed by atoms with van der Waals surface area (Å²) in [5, 5.41) is 6.51. The van der Waals surface area contributed by atoms with Crippen LogP contribution in [0.5, 0.6) is 0 Å². The van der Waals surface area contributed by atoms with E-state index >= 15 is 0 Å². The number of benzene rings is 4. The first-order chi connectivity index (χ1) is 19.9. The predicted molar refractivity (Wildman–Crippen MR) is 164 cm³/mol. The number of para-hydroxylation sites is 3. The molecule has 0 atom stereocenters. The van der Waals surface area contributed by atoms with Gasteiger partial charge in [0.2, 0.25) is 0 Å². The first kappa shape index (κ1) is 26.0. The highest BCUT2D eigenvalue weighted by Gasteiger charge is 2.31.